The topological polar surface area (TPSA) is 15.6 Å². The van der Waals surface area contributed by atoms with Crippen LogP contribution in [0.1, 0.15) is 12.5 Å². The molecular formula is C17H16N2. The number of amidine groups is 1. The first kappa shape index (κ1) is 11.7. The number of allylic oxidation sites excluding steroid dienone is 1. The van der Waals surface area contributed by atoms with Crippen molar-refractivity contribution < 1.29 is 0 Å². The normalized spacial score (nSPS) is 18.1. The van der Waals surface area contributed by atoms with Gasteiger partial charge >= 0.3 is 0 Å². The highest BCUT2D eigenvalue weighted by molar-refractivity contribution is 6.37. The largest absolute Gasteiger partial charge is 0.294 e. The molecule has 2 nitrogen and oxygen atoms in total. The van der Waals surface area contributed by atoms with Crippen LogP contribution in [-0.2, 0) is 0 Å². The van der Waals surface area contributed by atoms with E-state index in [0.717, 1.165) is 11.5 Å². The van der Waals surface area contributed by atoms with E-state index in [4.69, 9.17) is 0 Å². The molecule has 94 valence electrons. The predicted molar refractivity (Wildman–Crippen MR) is 82.0 cm³/mol. The van der Waals surface area contributed by atoms with Crippen molar-refractivity contribution in [2.45, 2.75) is 6.92 Å². The Balaban J connectivity index is 2.25. The Morgan fingerprint density at radius 1 is 0.947 bits per heavy atom. The van der Waals surface area contributed by atoms with Gasteiger partial charge in [0.25, 0.3) is 0 Å². The number of aliphatic imine (C=N–C) groups is 1. The quantitative estimate of drug-likeness (QED) is 0.736. The molecule has 1 aliphatic heterocycles. The third-order valence-corrected chi connectivity index (χ3v) is 3.40. The molecule has 0 atom stereocenters. The molecule has 19 heavy (non-hydrogen) atoms. The molecule has 1 heterocycles. The van der Waals surface area contributed by atoms with E-state index in [0.29, 0.717) is 0 Å². The first-order chi connectivity index (χ1) is 9.36. The molecule has 0 saturated carbocycles. The lowest BCUT2D eigenvalue weighted by atomic mass is 10.1. The molecule has 0 aliphatic carbocycles. The van der Waals surface area contributed by atoms with Crippen molar-refractivity contribution in [3.8, 4) is 0 Å². The number of benzene rings is 2. The number of hydrogen-bond donors (Lipinski definition) is 0. The fourth-order valence-electron chi connectivity index (χ4n) is 2.59. The summed E-state index contributed by atoms with van der Waals surface area (Å²) in [5.41, 5.74) is 4.78. The van der Waals surface area contributed by atoms with E-state index in [9.17, 15) is 0 Å². The van der Waals surface area contributed by atoms with Crippen LogP contribution in [0.2, 0.25) is 0 Å². The summed E-state index contributed by atoms with van der Waals surface area (Å²) in [4.78, 5) is 6.70. The average Bonchev–Trinajstić information content (AvgIpc) is 2.81. The van der Waals surface area contributed by atoms with E-state index in [1.165, 1.54) is 16.8 Å². The van der Waals surface area contributed by atoms with Gasteiger partial charge in [-0.25, -0.2) is 0 Å². The molecule has 2 heteroatoms. The molecule has 0 aromatic heterocycles. The second kappa shape index (κ2) is 4.73. The van der Waals surface area contributed by atoms with Gasteiger partial charge in [0.05, 0.1) is 5.69 Å². The Kier molecular flexibility index (Phi) is 2.92. The van der Waals surface area contributed by atoms with E-state index >= 15 is 0 Å². The van der Waals surface area contributed by atoms with Gasteiger partial charge in [-0.2, -0.15) is 0 Å². The van der Waals surface area contributed by atoms with Crippen LogP contribution in [0.15, 0.2) is 65.7 Å². The zero-order valence-corrected chi connectivity index (χ0v) is 11.2. The second-order valence-corrected chi connectivity index (χ2v) is 4.44. The number of nitrogens with zero attached hydrogens (tertiary/aromatic N) is 2. The maximum absolute atomic E-state index is 4.49. The van der Waals surface area contributed by atoms with Crippen molar-refractivity contribution in [1.82, 2.24) is 0 Å². The van der Waals surface area contributed by atoms with Crippen LogP contribution in [0.25, 0.3) is 5.57 Å². The summed E-state index contributed by atoms with van der Waals surface area (Å²) < 4.78 is 0. The van der Waals surface area contributed by atoms with Crippen LogP contribution in [-0.4, -0.2) is 12.9 Å². The first-order valence-electron chi connectivity index (χ1n) is 6.45. The summed E-state index contributed by atoms with van der Waals surface area (Å²) >= 11 is 0. The van der Waals surface area contributed by atoms with Crippen molar-refractivity contribution in [2.24, 2.45) is 4.99 Å². The van der Waals surface area contributed by atoms with Crippen molar-refractivity contribution in [3.63, 3.8) is 0 Å². The van der Waals surface area contributed by atoms with E-state index in [2.05, 4.69) is 71.4 Å². The summed E-state index contributed by atoms with van der Waals surface area (Å²) in [5.74, 6) is 1.01. The Morgan fingerprint density at radius 3 is 2.32 bits per heavy atom. The van der Waals surface area contributed by atoms with E-state index in [-0.39, 0.29) is 0 Å². The number of anilines is 2. The molecule has 1 aliphatic rings. The molecule has 0 saturated heterocycles. The van der Waals surface area contributed by atoms with Gasteiger partial charge in [0, 0.05) is 23.9 Å². The fraction of sp³-hybridized carbons (Fsp3) is 0.118. The molecule has 0 spiro atoms. The Bertz CT molecular complexity index is 654. The maximum Gasteiger partial charge on any atom is 0.140 e. The summed E-state index contributed by atoms with van der Waals surface area (Å²) in [6.07, 6.45) is 2.13. The first-order valence-corrected chi connectivity index (χ1v) is 6.45. The number of hydrogen-bond acceptors (Lipinski definition) is 1. The lowest BCUT2D eigenvalue weighted by Gasteiger charge is -2.20. The smallest absolute Gasteiger partial charge is 0.140 e. The average molecular weight is 248 g/mol. The van der Waals surface area contributed by atoms with Gasteiger partial charge in [-0.1, -0.05) is 42.5 Å². The minimum atomic E-state index is 1.01. The van der Waals surface area contributed by atoms with Crippen molar-refractivity contribution >= 4 is 22.8 Å². The zero-order chi connectivity index (χ0) is 13.2. The third kappa shape index (κ3) is 1.76. The second-order valence-electron chi connectivity index (χ2n) is 4.44. The van der Waals surface area contributed by atoms with Crippen LogP contribution in [0.3, 0.4) is 0 Å². The Hall–Kier alpha value is -2.35. The van der Waals surface area contributed by atoms with Crippen LogP contribution in [0.4, 0.5) is 11.4 Å². The van der Waals surface area contributed by atoms with E-state index < -0.39 is 0 Å². The van der Waals surface area contributed by atoms with Crippen molar-refractivity contribution in [3.05, 3.63) is 66.2 Å². The molecule has 3 rings (SSSR count). The third-order valence-electron chi connectivity index (χ3n) is 3.40. The summed E-state index contributed by atoms with van der Waals surface area (Å²) in [7, 11) is 1.85. The lowest BCUT2D eigenvalue weighted by molar-refractivity contribution is 1.33. The molecule has 0 amide bonds. The van der Waals surface area contributed by atoms with Gasteiger partial charge in [-0.3, -0.25) is 9.89 Å². The molecule has 0 bridgehead atoms. The van der Waals surface area contributed by atoms with Gasteiger partial charge in [-0.15, -0.1) is 0 Å². The van der Waals surface area contributed by atoms with Gasteiger partial charge in [0.2, 0.25) is 0 Å². The van der Waals surface area contributed by atoms with Gasteiger partial charge in [0.15, 0.2) is 0 Å². The molecule has 0 radical (unpaired) electrons. The number of fused-ring (bicyclic) bond motifs is 1. The summed E-state index contributed by atoms with van der Waals surface area (Å²) in [5, 5.41) is 0. The highest BCUT2D eigenvalue weighted by atomic mass is 15.2. The number of para-hydroxylation sites is 2. The minimum absolute atomic E-state index is 1.01. The molecule has 0 N–H and O–H groups in total. The SMILES string of the molecule is C/C=C1\C(=N/C)N(c2ccccc2)c2ccccc21. The summed E-state index contributed by atoms with van der Waals surface area (Å²) in [6.45, 7) is 2.06. The molecule has 0 unspecified atom stereocenters. The highest BCUT2D eigenvalue weighted by Crippen LogP contribution is 2.41. The summed E-state index contributed by atoms with van der Waals surface area (Å²) in [6, 6.07) is 18.8. The van der Waals surface area contributed by atoms with Crippen LogP contribution in [0.5, 0.6) is 0 Å². The molecule has 2 aromatic rings. The lowest BCUT2D eigenvalue weighted by Crippen LogP contribution is -2.20. The molecule has 0 fully saturated rings. The standard InChI is InChI=1S/C17H16N2/c1-3-14-15-11-7-8-12-16(15)19(17(14)18-2)13-9-5-4-6-10-13/h3-12H,1-2H3/b14-3-,18-17+. The Morgan fingerprint density at radius 2 is 1.63 bits per heavy atom. The number of rotatable bonds is 1. The monoisotopic (exact) mass is 248 g/mol. The highest BCUT2D eigenvalue weighted by Gasteiger charge is 2.29. The van der Waals surface area contributed by atoms with Crippen LogP contribution < -0.4 is 4.90 Å². The van der Waals surface area contributed by atoms with E-state index in [1.807, 2.05) is 13.1 Å². The predicted octanol–water partition coefficient (Wildman–Crippen LogP) is 4.27. The molecular weight excluding hydrogens is 232 g/mol. The molecule has 2 aromatic carbocycles. The van der Waals surface area contributed by atoms with Gasteiger partial charge in [0.1, 0.15) is 5.84 Å². The zero-order valence-electron chi connectivity index (χ0n) is 11.2. The fourth-order valence-corrected chi connectivity index (χ4v) is 2.59. The van der Waals surface area contributed by atoms with Gasteiger partial charge in [-0.05, 0) is 25.1 Å². The van der Waals surface area contributed by atoms with Gasteiger partial charge < -0.3 is 0 Å². The Labute approximate surface area is 113 Å². The van der Waals surface area contributed by atoms with Crippen LogP contribution in [0, 0.1) is 0 Å². The maximum atomic E-state index is 4.49. The van der Waals surface area contributed by atoms with E-state index in [1.54, 1.807) is 0 Å². The van der Waals surface area contributed by atoms with Crippen molar-refractivity contribution in [1.29, 1.82) is 0 Å². The van der Waals surface area contributed by atoms with Crippen molar-refractivity contribution in [2.75, 3.05) is 11.9 Å². The minimum Gasteiger partial charge on any atom is -0.294 e. The van der Waals surface area contributed by atoms with Crippen LogP contribution >= 0.6 is 0 Å².